The van der Waals surface area contributed by atoms with Gasteiger partial charge in [0.25, 0.3) is 0 Å². The van der Waals surface area contributed by atoms with Crippen molar-refractivity contribution >= 4 is 29.9 Å². The van der Waals surface area contributed by atoms with Crippen LogP contribution >= 0.6 is 24.0 Å². The van der Waals surface area contributed by atoms with Crippen LogP contribution in [0.1, 0.15) is 38.7 Å². The molecule has 0 saturated carbocycles. The molecular weight excluding hydrogens is 455 g/mol. The second kappa shape index (κ2) is 14.4. The third-order valence-corrected chi connectivity index (χ3v) is 3.71. The number of pyridine rings is 1. The predicted octanol–water partition coefficient (Wildman–Crippen LogP) is 3.15. The number of nitrogens with zero attached hydrogens (tertiary/aromatic N) is 4. The molecule has 0 bridgehead atoms. The molecule has 150 valence electrons. The van der Waals surface area contributed by atoms with E-state index >= 15 is 0 Å². The Kier molecular flexibility index (Phi) is 12.4. The Balaban J connectivity index is 0.00000364. The first kappa shape index (κ1) is 23.4. The molecule has 0 amide bonds. The van der Waals surface area contributed by atoms with Gasteiger partial charge in [0.05, 0.1) is 6.54 Å². The van der Waals surface area contributed by atoms with Crippen molar-refractivity contribution in [2.75, 3.05) is 26.3 Å². The fraction of sp³-hybridized carbons (Fsp3) is 0.526. The van der Waals surface area contributed by atoms with Crippen LogP contribution in [0.3, 0.4) is 0 Å². The molecule has 0 atom stereocenters. The zero-order chi connectivity index (χ0) is 18.5. The van der Waals surface area contributed by atoms with Crippen molar-refractivity contribution in [1.82, 2.24) is 25.4 Å². The Hall–Kier alpha value is -1.68. The summed E-state index contributed by atoms with van der Waals surface area (Å²) < 4.78 is 7.32. The first-order chi connectivity index (χ1) is 12.8. The van der Waals surface area contributed by atoms with Gasteiger partial charge in [0, 0.05) is 44.9 Å². The Morgan fingerprint density at radius 1 is 1.19 bits per heavy atom. The van der Waals surface area contributed by atoms with Gasteiger partial charge in [-0.05, 0) is 43.5 Å². The monoisotopic (exact) mass is 486 g/mol. The molecule has 0 spiro atoms. The Bertz CT molecular complexity index is 647. The zero-order valence-electron chi connectivity index (χ0n) is 16.2. The van der Waals surface area contributed by atoms with Crippen molar-refractivity contribution in [3.63, 3.8) is 0 Å². The molecule has 0 unspecified atom stereocenters. The molecule has 7 nitrogen and oxygen atoms in total. The lowest BCUT2D eigenvalue weighted by Gasteiger charge is -2.11. The third kappa shape index (κ3) is 9.18. The molecule has 27 heavy (non-hydrogen) atoms. The molecule has 0 aliphatic heterocycles. The number of nitrogens with one attached hydrogen (secondary N) is 2. The van der Waals surface area contributed by atoms with E-state index in [0.717, 1.165) is 56.5 Å². The van der Waals surface area contributed by atoms with E-state index in [9.17, 15) is 0 Å². The van der Waals surface area contributed by atoms with Crippen LogP contribution in [0.5, 0.6) is 0 Å². The average Bonchev–Trinajstić information content (AvgIpc) is 3.20. The average molecular weight is 486 g/mol. The maximum Gasteiger partial charge on any atom is 0.191 e. The minimum atomic E-state index is 0. The summed E-state index contributed by atoms with van der Waals surface area (Å²) in [4.78, 5) is 8.99. The molecule has 0 aliphatic carbocycles. The lowest BCUT2D eigenvalue weighted by molar-refractivity contribution is 0.129. The first-order valence-corrected chi connectivity index (χ1v) is 9.38. The highest BCUT2D eigenvalue weighted by Crippen LogP contribution is 2.07. The minimum absolute atomic E-state index is 0. The van der Waals surface area contributed by atoms with Crippen molar-refractivity contribution in [1.29, 1.82) is 0 Å². The molecular formula is C19H31IN6O. The molecule has 2 rings (SSSR count). The van der Waals surface area contributed by atoms with Crippen LogP contribution in [0.25, 0.3) is 5.82 Å². The lowest BCUT2D eigenvalue weighted by Crippen LogP contribution is -2.38. The fourth-order valence-electron chi connectivity index (χ4n) is 2.33. The summed E-state index contributed by atoms with van der Waals surface area (Å²) in [7, 11) is 0. The fourth-order valence-corrected chi connectivity index (χ4v) is 2.33. The topological polar surface area (TPSA) is 76.4 Å². The van der Waals surface area contributed by atoms with E-state index in [-0.39, 0.29) is 24.0 Å². The second-order valence-electron chi connectivity index (χ2n) is 5.91. The van der Waals surface area contributed by atoms with Gasteiger partial charge < -0.3 is 15.4 Å². The van der Waals surface area contributed by atoms with Crippen LogP contribution in [0.2, 0.25) is 0 Å². The Morgan fingerprint density at radius 2 is 2.04 bits per heavy atom. The van der Waals surface area contributed by atoms with Gasteiger partial charge >= 0.3 is 0 Å². The lowest BCUT2D eigenvalue weighted by atomic mass is 10.2. The zero-order valence-corrected chi connectivity index (χ0v) is 18.6. The molecule has 0 radical (unpaired) electrons. The van der Waals surface area contributed by atoms with Gasteiger partial charge in [-0.2, -0.15) is 5.10 Å². The highest BCUT2D eigenvalue weighted by atomic mass is 127. The number of ether oxygens (including phenoxy) is 1. The standard InChI is InChI=1S/C19H30N6O.HI/c1-3-5-13-26-14-7-9-22-19(20-4-2)23-16-17-8-11-21-18(15-17)25-12-6-10-24-25;/h6,8,10-12,15H,3-5,7,9,13-14,16H2,1-2H3,(H2,20,22,23);1H. The maximum atomic E-state index is 5.58. The van der Waals surface area contributed by atoms with Crippen LogP contribution in [0.4, 0.5) is 0 Å². The van der Waals surface area contributed by atoms with Crippen LogP contribution in [0.15, 0.2) is 41.8 Å². The molecule has 2 N–H and O–H groups in total. The van der Waals surface area contributed by atoms with Gasteiger partial charge in [-0.3, -0.25) is 0 Å². The summed E-state index contributed by atoms with van der Waals surface area (Å²) in [5.41, 5.74) is 1.09. The van der Waals surface area contributed by atoms with E-state index in [4.69, 9.17) is 4.74 Å². The Labute approximate surface area is 179 Å². The van der Waals surface area contributed by atoms with Gasteiger partial charge in [0.2, 0.25) is 0 Å². The number of unbranched alkanes of at least 4 members (excludes halogenated alkanes) is 1. The van der Waals surface area contributed by atoms with Gasteiger partial charge in [-0.25, -0.2) is 14.7 Å². The van der Waals surface area contributed by atoms with Crippen LogP contribution < -0.4 is 10.6 Å². The van der Waals surface area contributed by atoms with E-state index in [1.807, 2.05) is 24.4 Å². The molecule has 0 aliphatic rings. The van der Waals surface area contributed by atoms with Crippen LogP contribution in [-0.2, 0) is 11.3 Å². The molecule has 8 heteroatoms. The maximum absolute atomic E-state index is 5.58. The van der Waals surface area contributed by atoms with Crippen molar-refractivity contribution in [2.45, 2.75) is 39.7 Å². The SMILES string of the molecule is CCCCOCCCNC(=NCc1ccnc(-n2cccn2)c1)NCC.I. The third-order valence-electron chi connectivity index (χ3n) is 3.71. The quantitative estimate of drug-likeness (QED) is 0.221. The van der Waals surface area contributed by atoms with Gasteiger partial charge in [0.15, 0.2) is 11.8 Å². The number of hydrogen-bond acceptors (Lipinski definition) is 4. The minimum Gasteiger partial charge on any atom is -0.381 e. The second-order valence-corrected chi connectivity index (χ2v) is 5.91. The number of aliphatic imine (C=N–C) groups is 1. The normalized spacial score (nSPS) is 11.1. The highest BCUT2D eigenvalue weighted by molar-refractivity contribution is 14.0. The molecule has 2 aromatic heterocycles. The van der Waals surface area contributed by atoms with Crippen LogP contribution in [-0.4, -0.2) is 47.0 Å². The number of rotatable bonds is 11. The van der Waals surface area contributed by atoms with E-state index in [1.54, 1.807) is 17.1 Å². The van der Waals surface area contributed by atoms with Gasteiger partial charge in [-0.15, -0.1) is 24.0 Å². The summed E-state index contributed by atoms with van der Waals surface area (Å²) in [5.74, 6) is 1.61. The number of halogens is 1. The summed E-state index contributed by atoms with van der Waals surface area (Å²) in [5, 5.41) is 10.8. The predicted molar refractivity (Wildman–Crippen MR) is 120 cm³/mol. The van der Waals surface area contributed by atoms with E-state index in [1.165, 1.54) is 6.42 Å². The number of aromatic nitrogens is 3. The highest BCUT2D eigenvalue weighted by Gasteiger charge is 2.01. The molecule has 0 aromatic carbocycles. The van der Waals surface area contributed by atoms with Gasteiger partial charge in [-0.1, -0.05) is 13.3 Å². The first-order valence-electron chi connectivity index (χ1n) is 9.38. The smallest absolute Gasteiger partial charge is 0.191 e. The molecule has 2 heterocycles. The number of hydrogen-bond donors (Lipinski definition) is 2. The van der Waals surface area contributed by atoms with E-state index < -0.39 is 0 Å². The molecule has 0 fully saturated rings. The van der Waals surface area contributed by atoms with E-state index in [2.05, 4.69) is 39.6 Å². The van der Waals surface area contributed by atoms with Crippen molar-refractivity contribution < 1.29 is 4.74 Å². The van der Waals surface area contributed by atoms with Crippen molar-refractivity contribution in [3.8, 4) is 5.82 Å². The van der Waals surface area contributed by atoms with Gasteiger partial charge in [0.1, 0.15) is 0 Å². The number of guanidine groups is 1. The Morgan fingerprint density at radius 3 is 2.78 bits per heavy atom. The molecule has 2 aromatic rings. The van der Waals surface area contributed by atoms with Crippen LogP contribution in [0, 0.1) is 0 Å². The summed E-state index contributed by atoms with van der Waals surface area (Å²) in [6.07, 6.45) is 8.68. The van der Waals surface area contributed by atoms with Crippen molar-refractivity contribution in [2.24, 2.45) is 4.99 Å². The summed E-state index contributed by atoms with van der Waals surface area (Å²) in [6.45, 7) is 8.12. The summed E-state index contributed by atoms with van der Waals surface area (Å²) in [6, 6.07) is 5.86. The molecule has 0 saturated heterocycles. The summed E-state index contributed by atoms with van der Waals surface area (Å²) >= 11 is 0. The largest absolute Gasteiger partial charge is 0.381 e. The van der Waals surface area contributed by atoms with Crippen molar-refractivity contribution in [3.05, 3.63) is 42.4 Å². The van der Waals surface area contributed by atoms with E-state index in [0.29, 0.717) is 6.54 Å².